The molecule has 32 heavy (non-hydrogen) atoms. The minimum absolute atomic E-state index is 0.0621. The fourth-order valence-corrected chi connectivity index (χ4v) is 3.97. The molecular weight excluding hydrogens is 462 g/mol. The largest absolute Gasteiger partial charge is 0.416 e. The van der Waals surface area contributed by atoms with Gasteiger partial charge in [-0.1, -0.05) is 25.7 Å². The monoisotopic (exact) mass is 486 g/mol. The SMILES string of the molecule is CC(C)(COS(N)(=O)=O)C1CCN(CC#Cc2cc(C(F)(F)F)cc(C(F)(F)F)c2)CC1. The molecule has 0 amide bonds. The van der Waals surface area contributed by atoms with Gasteiger partial charge in [0.05, 0.1) is 24.3 Å². The summed E-state index contributed by atoms with van der Waals surface area (Å²) in [5.41, 5.74) is -3.61. The molecule has 180 valence electrons. The Morgan fingerprint density at radius 2 is 1.53 bits per heavy atom. The molecule has 0 saturated carbocycles. The number of likely N-dealkylation sites (tertiary alicyclic amines) is 1. The van der Waals surface area contributed by atoms with Crippen LogP contribution in [0.3, 0.4) is 0 Å². The molecule has 12 heteroatoms. The number of rotatable bonds is 5. The smallest absolute Gasteiger partial charge is 0.292 e. The van der Waals surface area contributed by atoms with Crippen LogP contribution in [0.5, 0.6) is 0 Å². The number of piperidine rings is 1. The Balaban J connectivity index is 2.02. The highest BCUT2D eigenvalue weighted by molar-refractivity contribution is 7.84. The zero-order valence-electron chi connectivity index (χ0n) is 17.5. The van der Waals surface area contributed by atoms with Crippen molar-refractivity contribution in [3.8, 4) is 11.8 Å². The van der Waals surface area contributed by atoms with Crippen molar-refractivity contribution in [3.63, 3.8) is 0 Å². The number of nitrogens with two attached hydrogens (primary N) is 1. The van der Waals surface area contributed by atoms with Gasteiger partial charge in [-0.2, -0.15) is 34.8 Å². The normalized spacial score (nSPS) is 17.2. The maximum Gasteiger partial charge on any atom is 0.416 e. The van der Waals surface area contributed by atoms with Crippen molar-refractivity contribution in [2.75, 3.05) is 26.2 Å². The molecule has 0 atom stereocenters. The first-order chi connectivity index (χ1) is 14.5. The molecule has 1 aliphatic rings. The second kappa shape index (κ2) is 9.59. The molecule has 1 fully saturated rings. The van der Waals surface area contributed by atoms with Gasteiger partial charge in [-0.25, -0.2) is 5.14 Å². The van der Waals surface area contributed by atoms with Crippen LogP contribution in [0.15, 0.2) is 18.2 Å². The highest BCUT2D eigenvalue weighted by atomic mass is 32.2. The topological polar surface area (TPSA) is 72.6 Å². The maximum atomic E-state index is 12.9. The van der Waals surface area contributed by atoms with E-state index >= 15 is 0 Å². The zero-order chi connectivity index (χ0) is 24.4. The van der Waals surface area contributed by atoms with E-state index in [1.807, 2.05) is 18.7 Å². The van der Waals surface area contributed by atoms with Gasteiger partial charge < -0.3 is 0 Å². The molecule has 1 saturated heterocycles. The summed E-state index contributed by atoms with van der Waals surface area (Å²) in [6.45, 7) is 5.03. The van der Waals surface area contributed by atoms with Gasteiger partial charge in [-0.3, -0.25) is 9.08 Å². The van der Waals surface area contributed by atoms with Crippen LogP contribution < -0.4 is 5.14 Å². The maximum absolute atomic E-state index is 12.9. The van der Waals surface area contributed by atoms with Crippen molar-refractivity contribution in [1.82, 2.24) is 4.90 Å². The van der Waals surface area contributed by atoms with Crippen molar-refractivity contribution >= 4 is 10.3 Å². The zero-order valence-corrected chi connectivity index (χ0v) is 18.3. The van der Waals surface area contributed by atoms with Crippen molar-refractivity contribution < 1.29 is 38.9 Å². The number of hydrogen-bond acceptors (Lipinski definition) is 4. The Bertz CT molecular complexity index is 938. The molecule has 0 aliphatic carbocycles. The minimum Gasteiger partial charge on any atom is -0.292 e. The average molecular weight is 486 g/mol. The molecule has 1 aromatic carbocycles. The third-order valence-electron chi connectivity index (χ3n) is 5.41. The summed E-state index contributed by atoms with van der Waals surface area (Å²) < 4.78 is 104. The number of alkyl halides is 6. The van der Waals surface area contributed by atoms with Crippen LogP contribution in [0.2, 0.25) is 0 Å². The van der Waals surface area contributed by atoms with Crippen molar-refractivity contribution in [2.45, 2.75) is 39.0 Å². The van der Waals surface area contributed by atoms with Gasteiger partial charge in [0.1, 0.15) is 0 Å². The fraction of sp³-hybridized carbons (Fsp3) is 0.600. The van der Waals surface area contributed by atoms with Crippen LogP contribution >= 0.6 is 0 Å². The lowest BCUT2D eigenvalue weighted by atomic mass is 9.74. The van der Waals surface area contributed by atoms with Crippen molar-refractivity contribution in [2.24, 2.45) is 16.5 Å². The van der Waals surface area contributed by atoms with E-state index in [1.165, 1.54) is 0 Å². The van der Waals surface area contributed by atoms with Crippen LogP contribution in [0.1, 0.15) is 43.4 Å². The van der Waals surface area contributed by atoms with Crippen molar-refractivity contribution in [3.05, 3.63) is 34.9 Å². The molecule has 1 aliphatic heterocycles. The minimum atomic E-state index is -4.92. The van der Waals surface area contributed by atoms with Gasteiger partial charge in [-0.15, -0.1) is 0 Å². The molecule has 5 nitrogen and oxygen atoms in total. The van der Waals surface area contributed by atoms with Gasteiger partial charge in [0.25, 0.3) is 0 Å². The van der Waals surface area contributed by atoms with E-state index < -0.39 is 39.2 Å². The van der Waals surface area contributed by atoms with Gasteiger partial charge in [0.15, 0.2) is 0 Å². The highest BCUT2D eigenvalue weighted by Gasteiger charge is 2.37. The second-order valence-corrected chi connectivity index (χ2v) is 9.61. The third kappa shape index (κ3) is 7.95. The predicted molar refractivity (Wildman–Crippen MR) is 105 cm³/mol. The van der Waals surface area contributed by atoms with Crippen LogP contribution in [0.25, 0.3) is 0 Å². The van der Waals surface area contributed by atoms with E-state index in [2.05, 4.69) is 11.8 Å². The van der Waals surface area contributed by atoms with Gasteiger partial charge >= 0.3 is 22.7 Å². The Labute approximate surface area is 183 Å². The molecular formula is C20H24F6N2O3S. The van der Waals surface area contributed by atoms with Gasteiger partial charge in [-0.05, 0) is 55.5 Å². The van der Waals surface area contributed by atoms with E-state index in [0.717, 1.165) is 0 Å². The summed E-state index contributed by atoms with van der Waals surface area (Å²) in [5, 5.41) is 4.87. The van der Waals surface area contributed by atoms with E-state index in [-0.39, 0.29) is 30.7 Å². The molecule has 0 spiro atoms. The van der Waals surface area contributed by atoms with Crippen LogP contribution in [-0.4, -0.2) is 39.6 Å². The number of benzene rings is 1. The molecule has 0 unspecified atom stereocenters. The number of halogens is 6. The Kier molecular flexibility index (Phi) is 7.92. The Morgan fingerprint density at radius 3 is 1.97 bits per heavy atom. The third-order valence-corrected chi connectivity index (χ3v) is 5.86. The lowest BCUT2D eigenvalue weighted by molar-refractivity contribution is -0.143. The molecule has 2 rings (SSSR count). The summed E-state index contributed by atoms with van der Waals surface area (Å²) >= 11 is 0. The lowest BCUT2D eigenvalue weighted by Crippen LogP contribution is -2.41. The van der Waals surface area contributed by atoms with Crippen LogP contribution in [0, 0.1) is 23.2 Å². The Hall–Kier alpha value is -1.81. The Morgan fingerprint density at radius 1 is 1.03 bits per heavy atom. The summed E-state index contributed by atoms with van der Waals surface area (Å²) in [6, 6.07) is 1.27. The molecule has 2 N–H and O–H groups in total. The first-order valence-electron chi connectivity index (χ1n) is 9.65. The van der Waals surface area contributed by atoms with Gasteiger partial charge in [0.2, 0.25) is 0 Å². The summed E-state index contributed by atoms with van der Waals surface area (Å²) in [5.74, 6) is 5.20. The van der Waals surface area contributed by atoms with E-state index in [1.54, 1.807) is 0 Å². The number of hydrogen-bond donors (Lipinski definition) is 1. The van der Waals surface area contributed by atoms with Gasteiger partial charge in [0, 0.05) is 5.56 Å². The second-order valence-electron chi connectivity index (χ2n) is 8.39. The predicted octanol–water partition coefficient (Wildman–Crippen LogP) is 4.03. The number of nitrogens with zero attached hydrogens (tertiary/aromatic N) is 1. The van der Waals surface area contributed by atoms with Crippen molar-refractivity contribution in [1.29, 1.82) is 0 Å². The first kappa shape index (κ1) is 26.4. The lowest BCUT2D eigenvalue weighted by Gasteiger charge is -2.39. The van der Waals surface area contributed by atoms with E-state index in [4.69, 9.17) is 9.32 Å². The molecule has 1 heterocycles. The summed E-state index contributed by atoms with van der Waals surface area (Å²) in [6.07, 6.45) is -8.44. The summed E-state index contributed by atoms with van der Waals surface area (Å²) in [4.78, 5) is 1.93. The molecule has 0 radical (unpaired) electrons. The van der Waals surface area contributed by atoms with Crippen LogP contribution in [-0.2, 0) is 26.8 Å². The van der Waals surface area contributed by atoms with E-state index in [9.17, 15) is 34.8 Å². The quantitative estimate of drug-likeness (QED) is 0.504. The molecule has 1 aromatic rings. The summed E-state index contributed by atoms with van der Waals surface area (Å²) in [7, 11) is -4.04. The molecule has 0 aromatic heterocycles. The first-order valence-corrected chi connectivity index (χ1v) is 11.1. The molecule has 0 bridgehead atoms. The average Bonchev–Trinajstić information content (AvgIpc) is 2.65. The highest BCUT2D eigenvalue weighted by Crippen LogP contribution is 2.37. The van der Waals surface area contributed by atoms with E-state index in [0.29, 0.717) is 38.1 Å². The standard InChI is InChI=1S/C20H24F6N2O3S/c1-18(2,13-31-32(27,29)30)15-5-8-28(9-6-15)7-3-4-14-10-16(19(21,22)23)12-17(11-14)20(24,25)26/h10-12,15H,5-9,13H2,1-2H3,(H2,27,29,30). The fourth-order valence-electron chi connectivity index (χ4n) is 3.50. The van der Waals surface area contributed by atoms with Crippen LogP contribution in [0.4, 0.5) is 26.3 Å².